The minimum absolute atomic E-state index is 0.0241. The van der Waals surface area contributed by atoms with Crippen molar-refractivity contribution in [3.05, 3.63) is 64.7 Å². The summed E-state index contributed by atoms with van der Waals surface area (Å²) in [6, 6.07) is 6.41. The van der Waals surface area contributed by atoms with Crippen molar-refractivity contribution in [2.45, 2.75) is 56.5 Å². The van der Waals surface area contributed by atoms with Gasteiger partial charge in [-0.05, 0) is 80.0 Å². The van der Waals surface area contributed by atoms with Crippen molar-refractivity contribution in [3.63, 3.8) is 0 Å². The number of carbonyl (C=O) groups excluding carboxylic acids is 1. The molecule has 1 amide bonds. The highest BCUT2D eigenvalue weighted by molar-refractivity contribution is 5.89. The Morgan fingerprint density at radius 2 is 1.80 bits per heavy atom. The van der Waals surface area contributed by atoms with Crippen LogP contribution >= 0.6 is 0 Å². The Morgan fingerprint density at radius 3 is 2.46 bits per heavy atom. The van der Waals surface area contributed by atoms with Crippen LogP contribution in [0.5, 0.6) is 0 Å². The van der Waals surface area contributed by atoms with Crippen molar-refractivity contribution < 1.29 is 41.4 Å². The summed E-state index contributed by atoms with van der Waals surface area (Å²) in [7, 11) is 0. The summed E-state index contributed by atoms with van der Waals surface area (Å²) in [5, 5.41) is 12.0. The molecule has 1 aliphatic carbocycles. The minimum atomic E-state index is -4.69. The topological polar surface area (TPSA) is 82.1 Å². The zero-order valence-electron chi connectivity index (χ0n) is 22.4. The second-order valence-corrected chi connectivity index (χ2v) is 11.0. The van der Waals surface area contributed by atoms with Gasteiger partial charge in [-0.2, -0.15) is 13.2 Å². The Hall–Kier alpha value is -3.25. The molecule has 3 fully saturated rings. The lowest BCUT2D eigenvalue weighted by molar-refractivity contribution is -0.164. The van der Waals surface area contributed by atoms with Crippen molar-refractivity contribution >= 4 is 17.6 Å². The number of nitrogens with one attached hydrogen (secondary N) is 1. The molecule has 0 unspecified atom stereocenters. The maximum atomic E-state index is 13.9. The SMILES string of the molecule is O=C(O)c1cc(N2CCCN([C@@H]3CC[C@@](C(=O)NCc4cc(F)cc(C(F)(F)F)c4)(C4CC4)OC3)CC2)ccc1F. The molecule has 12 heteroatoms. The molecule has 0 bridgehead atoms. The predicted octanol–water partition coefficient (Wildman–Crippen LogP) is 4.84. The first-order valence-corrected chi connectivity index (χ1v) is 13.8. The molecule has 5 rings (SSSR count). The van der Waals surface area contributed by atoms with Gasteiger partial charge in [-0.1, -0.05) is 0 Å². The third-order valence-electron chi connectivity index (χ3n) is 8.33. The minimum Gasteiger partial charge on any atom is -0.478 e. The van der Waals surface area contributed by atoms with Gasteiger partial charge in [0.25, 0.3) is 5.91 Å². The molecule has 2 heterocycles. The summed E-state index contributed by atoms with van der Waals surface area (Å²) in [4.78, 5) is 29.0. The van der Waals surface area contributed by atoms with E-state index in [9.17, 15) is 36.6 Å². The van der Waals surface area contributed by atoms with E-state index in [-0.39, 0.29) is 35.5 Å². The maximum Gasteiger partial charge on any atom is 0.416 e. The van der Waals surface area contributed by atoms with Gasteiger partial charge in [-0.15, -0.1) is 0 Å². The largest absolute Gasteiger partial charge is 0.478 e. The van der Waals surface area contributed by atoms with Gasteiger partial charge in [0.05, 0.1) is 17.7 Å². The molecule has 0 spiro atoms. The predicted molar refractivity (Wildman–Crippen MR) is 139 cm³/mol. The molecule has 2 N–H and O–H groups in total. The highest BCUT2D eigenvalue weighted by Gasteiger charge is 2.54. The Labute approximate surface area is 234 Å². The molecule has 2 atom stereocenters. The highest BCUT2D eigenvalue weighted by Crippen LogP contribution is 2.47. The summed E-state index contributed by atoms with van der Waals surface area (Å²) >= 11 is 0. The van der Waals surface area contributed by atoms with Crippen molar-refractivity contribution in [2.24, 2.45) is 5.92 Å². The molecular formula is C29H32F5N3O4. The molecule has 0 aromatic heterocycles. The van der Waals surface area contributed by atoms with E-state index in [1.807, 2.05) is 4.90 Å². The first-order chi connectivity index (χ1) is 19.5. The van der Waals surface area contributed by atoms with Gasteiger partial charge in [0, 0.05) is 44.5 Å². The van der Waals surface area contributed by atoms with Crippen molar-refractivity contribution in [2.75, 3.05) is 37.7 Å². The van der Waals surface area contributed by atoms with Crippen LogP contribution in [-0.4, -0.2) is 66.3 Å². The quantitative estimate of drug-likeness (QED) is 0.456. The van der Waals surface area contributed by atoms with Crippen LogP contribution in [0.15, 0.2) is 36.4 Å². The van der Waals surface area contributed by atoms with Crippen LogP contribution in [0.4, 0.5) is 27.6 Å². The number of ether oxygens (including phenoxy) is 1. The monoisotopic (exact) mass is 581 g/mol. The van der Waals surface area contributed by atoms with Crippen LogP contribution < -0.4 is 10.2 Å². The number of rotatable bonds is 7. The second kappa shape index (κ2) is 11.6. The van der Waals surface area contributed by atoms with Gasteiger partial charge < -0.3 is 20.1 Å². The van der Waals surface area contributed by atoms with Crippen LogP contribution in [0.1, 0.15) is 53.6 Å². The summed E-state index contributed by atoms with van der Waals surface area (Å²) in [6.07, 6.45) is -1.08. The van der Waals surface area contributed by atoms with Gasteiger partial charge in [0.2, 0.25) is 0 Å². The van der Waals surface area contributed by atoms with Crippen molar-refractivity contribution in [1.82, 2.24) is 10.2 Å². The number of amides is 1. The molecule has 2 aliphatic heterocycles. The molecule has 41 heavy (non-hydrogen) atoms. The molecule has 2 aromatic rings. The third-order valence-corrected chi connectivity index (χ3v) is 8.33. The van der Waals surface area contributed by atoms with E-state index in [1.165, 1.54) is 12.1 Å². The Kier molecular flexibility index (Phi) is 8.24. The first kappa shape index (κ1) is 29.2. The first-order valence-electron chi connectivity index (χ1n) is 13.8. The van der Waals surface area contributed by atoms with Gasteiger partial charge in [-0.25, -0.2) is 13.6 Å². The Bertz CT molecular complexity index is 1290. The summed E-state index contributed by atoms with van der Waals surface area (Å²) in [5.41, 5.74) is -1.85. The van der Waals surface area contributed by atoms with Gasteiger partial charge in [-0.3, -0.25) is 9.69 Å². The number of nitrogens with zero attached hydrogens (tertiary/aromatic N) is 2. The molecule has 222 valence electrons. The average molecular weight is 582 g/mol. The molecule has 0 radical (unpaired) electrons. The molecule has 1 saturated carbocycles. The number of carboxylic acids is 1. The lowest BCUT2D eigenvalue weighted by Gasteiger charge is -2.42. The lowest BCUT2D eigenvalue weighted by Crippen LogP contribution is -2.57. The van der Waals surface area contributed by atoms with Crippen LogP contribution in [0.25, 0.3) is 0 Å². The van der Waals surface area contributed by atoms with Crippen molar-refractivity contribution in [3.8, 4) is 0 Å². The van der Waals surface area contributed by atoms with E-state index in [4.69, 9.17) is 4.74 Å². The fourth-order valence-corrected chi connectivity index (χ4v) is 5.99. The fourth-order valence-electron chi connectivity index (χ4n) is 5.99. The zero-order valence-corrected chi connectivity index (χ0v) is 22.4. The Morgan fingerprint density at radius 1 is 1.02 bits per heavy atom. The second-order valence-electron chi connectivity index (χ2n) is 11.0. The number of carbonyl (C=O) groups is 2. The van der Waals surface area contributed by atoms with Crippen LogP contribution in [0.3, 0.4) is 0 Å². The number of benzene rings is 2. The fraction of sp³-hybridized carbons (Fsp3) is 0.517. The number of anilines is 1. The molecule has 2 saturated heterocycles. The van der Waals surface area contributed by atoms with E-state index in [0.29, 0.717) is 50.8 Å². The lowest BCUT2D eigenvalue weighted by atomic mass is 9.85. The van der Waals surface area contributed by atoms with E-state index in [1.54, 1.807) is 6.07 Å². The number of carboxylic acid groups (broad SMARTS) is 1. The smallest absolute Gasteiger partial charge is 0.416 e. The zero-order chi connectivity index (χ0) is 29.4. The van der Waals surface area contributed by atoms with Gasteiger partial charge in [0.1, 0.15) is 17.2 Å². The third kappa shape index (κ3) is 6.48. The number of hydrogen-bond donors (Lipinski definition) is 2. The summed E-state index contributed by atoms with van der Waals surface area (Å²) < 4.78 is 73.2. The average Bonchev–Trinajstić information content (AvgIpc) is 3.79. The Balaban J connectivity index is 1.19. The summed E-state index contributed by atoms with van der Waals surface area (Å²) in [6.45, 7) is 2.83. The number of hydrogen-bond acceptors (Lipinski definition) is 5. The number of halogens is 5. The van der Waals surface area contributed by atoms with Crippen LogP contribution in [-0.2, 0) is 22.3 Å². The van der Waals surface area contributed by atoms with Crippen LogP contribution in [0.2, 0.25) is 0 Å². The van der Waals surface area contributed by atoms with E-state index < -0.39 is 34.9 Å². The van der Waals surface area contributed by atoms with Crippen molar-refractivity contribution in [1.29, 1.82) is 0 Å². The van der Waals surface area contributed by atoms with Gasteiger partial charge in [0.15, 0.2) is 0 Å². The highest BCUT2D eigenvalue weighted by atomic mass is 19.4. The van der Waals surface area contributed by atoms with E-state index >= 15 is 0 Å². The maximum absolute atomic E-state index is 13.9. The normalized spacial score (nSPS) is 24.1. The molecule has 2 aromatic carbocycles. The number of alkyl halides is 3. The van der Waals surface area contributed by atoms with E-state index in [0.717, 1.165) is 37.9 Å². The van der Waals surface area contributed by atoms with E-state index in [2.05, 4.69) is 10.2 Å². The molecule has 3 aliphatic rings. The van der Waals surface area contributed by atoms with Crippen LogP contribution in [0, 0.1) is 17.6 Å². The molecule has 7 nitrogen and oxygen atoms in total. The standard InChI is InChI=1S/C29H32F5N3O4/c30-21-13-18(12-20(14-21)29(32,33)34)16-35-27(40)28(19-2-3-19)7-6-23(17-41-28)37-9-1-8-36(10-11-37)22-4-5-25(31)24(15-22)26(38)39/h4-5,12-15,19,23H,1-3,6-11,16-17H2,(H,35,40)(H,38,39)/t23-,28+/m1/s1. The molecular weight excluding hydrogens is 549 g/mol. The van der Waals surface area contributed by atoms with Gasteiger partial charge >= 0.3 is 12.1 Å². The number of aromatic carboxylic acids is 1. The summed E-state index contributed by atoms with van der Waals surface area (Å²) in [5.74, 6) is -3.46.